The molecule has 0 bridgehead atoms. The van der Waals surface area contributed by atoms with Crippen molar-refractivity contribution in [2.75, 3.05) is 7.11 Å². The van der Waals surface area contributed by atoms with Crippen LogP contribution in [0.15, 0.2) is 0 Å². The molecule has 0 unspecified atom stereocenters. The number of carboxylic acid groups (broad SMARTS) is 1. The molecule has 1 fully saturated rings. The van der Waals surface area contributed by atoms with Crippen molar-refractivity contribution >= 4 is 17.3 Å². The van der Waals surface area contributed by atoms with Crippen LogP contribution in [-0.2, 0) is 16.8 Å². The van der Waals surface area contributed by atoms with Crippen LogP contribution in [0.2, 0.25) is 0 Å². The fourth-order valence-corrected chi connectivity index (χ4v) is 3.17. The smallest absolute Gasteiger partial charge is 0.347 e. The number of thiazole rings is 1. The third kappa shape index (κ3) is 1.64. The van der Waals surface area contributed by atoms with Gasteiger partial charge in [0.15, 0.2) is 0 Å². The second kappa shape index (κ2) is 4.14. The van der Waals surface area contributed by atoms with Gasteiger partial charge in [0.1, 0.15) is 15.5 Å². The van der Waals surface area contributed by atoms with E-state index in [0.717, 1.165) is 24.3 Å². The molecule has 0 saturated heterocycles. The molecule has 16 heavy (non-hydrogen) atoms. The van der Waals surface area contributed by atoms with E-state index in [9.17, 15) is 4.79 Å². The van der Waals surface area contributed by atoms with Gasteiger partial charge in [0.2, 0.25) is 0 Å². The molecule has 1 aromatic heterocycles. The van der Waals surface area contributed by atoms with Gasteiger partial charge in [-0.15, -0.1) is 11.3 Å². The summed E-state index contributed by atoms with van der Waals surface area (Å²) in [5.41, 5.74) is 0.373. The molecule has 5 heteroatoms. The molecule has 4 nitrogen and oxygen atoms in total. The number of rotatable bonds is 4. The third-order valence-electron chi connectivity index (χ3n) is 3.17. The summed E-state index contributed by atoms with van der Waals surface area (Å²) >= 11 is 1.26. The third-order valence-corrected chi connectivity index (χ3v) is 4.44. The molecule has 0 aromatic carbocycles. The first-order chi connectivity index (χ1) is 7.63. The lowest BCUT2D eigenvalue weighted by atomic mass is 9.80. The molecule has 1 saturated carbocycles. The van der Waals surface area contributed by atoms with Gasteiger partial charge in [-0.1, -0.05) is 6.92 Å². The van der Waals surface area contributed by atoms with E-state index in [0.29, 0.717) is 17.0 Å². The Hall–Kier alpha value is -0.940. The highest BCUT2D eigenvalue weighted by Crippen LogP contribution is 2.46. The Labute approximate surface area is 98.3 Å². The molecule has 0 radical (unpaired) electrons. The highest BCUT2D eigenvalue weighted by atomic mass is 32.1. The zero-order chi connectivity index (χ0) is 11.8. The average Bonchev–Trinajstić information content (AvgIpc) is 2.61. The molecule has 1 aromatic rings. The first-order valence-electron chi connectivity index (χ1n) is 5.41. The van der Waals surface area contributed by atoms with Crippen molar-refractivity contribution in [2.45, 2.75) is 38.2 Å². The predicted molar refractivity (Wildman–Crippen MR) is 61.0 cm³/mol. The molecule has 0 amide bonds. The topological polar surface area (TPSA) is 59.4 Å². The summed E-state index contributed by atoms with van der Waals surface area (Å²) < 4.78 is 5.51. The van der Waals surface area contributed by atoms with E-state index in [1.165, 1.54) is 11.3 Å². The van der Waals surface area contributed by atoms with Crippen molar-refractivity contribution < 1.29 is 14.6 Å². The SMILES string of the molecule is CCc1nc(C2(OC)CCC2)sc1C(=O)O. The molecular weight excluding hydrogens is 226 g/mol. The lowest BCUT2D eigenvalue weighted by Crippen LogP contribution is -2.35. The second-order valence-corrected chi connectivity index (χ2v) is 5.00. The zero-order valence-electron chi connectivity index (χ0n) is 9.45. The van der Waals surface area contributed by atoms with Crippen molar-refractivity contribution in [2.24, 2.45) is 0 Å². The van der Waals surface area contributed by atoms with Gasteiger partial charge in [-0.25, -0.2) is 9.78 Å². The van der Waals surface area contributed by atoms with Crippen LogP contribution in [-0.4, -0.2) is 23.2 Å². The van der Waals surface area contributed by atoms with E-state index >= 15 is 0 Å². The normalized spacial score (nSPS) is 18.1. The van der Waals surface area contributed by atoms with E-state index in [4.69, 9.17) is 9.84 Å². The number of aryl methyl sites for hydroxylation is 1. The van der Waals surface area contributed by atoms with Crippen molar-refractivity contribution in [1.82, 2.24) is 4.98 Å². The minimum Gasteiger partial charge on any atom is -0.477 e. The number of aromatic carboxylic acids is 1. The van der Waals surface area contributed by atoms with Gasteiger partial charge in [-0.2, -0.15) is 0 Å². The number of hydrogen-bond donors (Lipinski definition) is 1. The van der Waals surface area contributed by atoms with Crippen molar-refractivity contribution in [3.05, 3.63) is 15.6 Å². The Balaban J connectivity index is 2.39. The van der Waals surface area contributed by atoms with E-state index in [1.54, 1.807) is 7.11 Å². The van der Waals surface area contributed by atoms with Crippen LogP contribution in [0.4, 0.5) is 0 Å². The van der Waals surface area contributed by atoms with E-state index in [2.05, 4.69) is 4.98 Å². The molecule has 1 N–H and O–H groups in total. The van der Waals surface area contributed by atoms with Gasteiger partial charge in [0.25, 0.3) is 0 Å². The van der Waals surface area contributed by atoms with Crippen LogP contribution in [0.25, 0.3) is 0 Å². The van der Waals surface area contributed by atoms with Gasteiger partial charge in [0.05, 0.1) is 5.69 Å². The summed E-state index contributed by atoms with van der Waals surface area (Å²) in [6.07, 6.45) is 3.66. The average molecular weight is 241 g/mol. The van der Waals surface area contributed by atoms with Crippen LogP contribution in [0.3, 0.4) is 0 Å². The number of ether oxygens (including phenoxy) is 1. The quantitative estimate of drug-likeness (QED) is 0.879. The molecule has 1 aliphatic rings. The zero-order valence-corrected chi connectivity index (χ0v) is 10.3. The Morgan fingerprint density at radius 2 is 2.31 bits per heavy atom. The van der Waals surface area contributed by atoms with E-state index in [1.807, 2.05) is 6.92 Å². The van der Waals surface area contributed by atoms with Crippen LogP contribution < -0.4 is 0 Å². The molecule has 0 aliphatic heterocycles. The Kier molecular flexibility index (Phi) is 2.99. The van der Waals surface area contributed by atoms with Crippen LogP contribution in [0.1, 0.15) is 46.6 Å². The molecule has 1 aliphatic carbocycles. The van der Waals surface area contributed by atoms with Gasteiger partial charge < -0.3 is 9.84 Å². The van der Waals surface area contributed by atoms with Crippen LogP contribution in [0.5, 0.6) is 0 Å². The number of hydrogen-bond acceptors (Lipinski definition) is 4. The van der Waals surface area contributed by atoms with Crippen molar-refractivity contribution in [1.29, 1.82) is 0 Å². The van der Waals surface area contributed by atoms with Crippen LogP contribution >= 0.6 is 11.3 Å². The Bertz CT molecular complexity index is 404. The Morgan fingerprint density at radius 3 is 2.62 bits per heavy atom. The highest BCUT2D eigenvalue weighted by molar-refractivity contribution is 7.13. The number of aromatic nitrogens is 1. The molecular formula is C11H15NO3S. The summed E-state index contributed by atoms with van der Waals surface area (Å²) in [6.45, 7) is 1.92. The standard InChI is InChI=1S/C11H15NO3S/c1-3-7-8(9(13)14)16-10(12-7)11(15-2)5-4-6-11/h3-6H2,1-2H3,(H,13,14). The first-order valence-corrected chi connectivity index (χ1v) is 6.23. The molecule has 2 rings (SSSR count). The predicted octanol–water partition coefficient (Wildman–Crippen LogP) is 2.43. The molecule has 1 heterocycles. The fraction of sp³-hybridized carbons (Fsp3) is 0.636. The van der Waals surface area contributed by atoms with Gasteiger partial charge in [0, 0.05) is 7.11 Å². The van der Waals surface area contributed by atoms with Crippen LogP contribution in [0, 0.1) is 0 Å². The summed E-state index contributed by atoms with van der Waals surface area (Å²) in [7, 11) is 1.67. The lowest BCUT2D eigenvalue weighted by Gasteiger charge is -2.38. The minimum atomic E-state index is -0.883. The Morgan fingerprint density at radius 1 is 1.62 bits per heavy atom. The summed E-state index contributed by atoms with van der Waals surface area (Å²) in [6, 6.07) is 0. The summed E-state index contributed by atoms with van der Waals surface area (Å²) in [4.78, 5) is 15.8. The summed E-state index contributed by atoms with van der Waals surface area (Å²) in [5.74, 6) is -0.883. The number of nitrogens with zero attached hydrogens (tertiary/aromatic N) is 1. The maximum atomic E-state index is 11.0. The largest absolute Gasteiger partial charge is 0.477 e. The second-order valence-electron chi connectivity index (χ2n) is 4.01. The number of carboxylic acids is 1. The minimum absolute atomic E-state index is 0.303. The maximum Gasteiger partial charge on any atom is 0.347 e. The van der Waals surface area contributed by atoms with E-state index < -0.39 is 5.97 Å². The fourth-order valence-electron chi connectivity index (χ4n) is 1.96. The summed E-state index contributed by atoms with van der Waals surface area (Å²) in [5, 5.41) is 9.90. The lowest BCUT2D eigenvalue weighted by molar-refractivity contribution is -0.0780. The number of methoxy groups -OCH3 is 1. The number of carbonyl (C=O) groups is 1. The van der Waals surface area contributed by atoms with Gasteiger partial charge in [-0.3, -0.25) is 0 Å². The molecule has 0 spiro atoms. The van der Waals surface area contributed by atoms with E-state index in [-0.39, 0.29) is 5.60 Å². The van der Waals surface area contributed by atoms with Crippen molar-refractivity contribution in [3.63, 3.8) is 0 Å². The molecule has 0 atom stereocenters. The monoisotopic (exact) mass is 241 g/mol. The maximum absolute atomic E-state index is 11.0. The van der Waals surface area contributed by atoms with Gasteiger partial charge >= 0.3 is 5.97 Å². The first kappa shape index (κ1) is 11.5. The highest BCUT2D eigenvalue weighted by Gasteiger charge is 2.42. The van der Waals surface area contributed by atoms with Crippen molar-refractivity contribution in [3.8, 4) is 0 Å². The molecule has 88 valence electrons. The van der Waals surface area contributed by atoms with Gasteiger partial charge in [-0.05, 0) is 25.7 Å².